The maximum atomic E-state index is 12.7. The molecule has 1 aliphatic heterocycles. The number of hydrogen-bond donors (Lipinski definition) is 2. The quantitative estimate of drug-likeness (QED) is 0.353. The third-order valence-electron chi connectivity index (χ3n) is 3.85. The zero-order valence-corrected chi connectivity index (χ0v) is 19.3. The smallest absolute Gasteiger partial charge is 0.339 e. The number of rotatable bonds is 6. The number of amides is 2. The first kappa shape index (κ1) is 23.1. The van der Waals surface area contributed by atoms with Crippen LogP contribution in [0.2, 0.25) is 5.02 Å². The normalized spacial score (nSPS) is 15.0. The molecule has 2 N–H and O–H groups in total. The molecule has 3 rings (SSSR count). The molecule has 31 heavy (non-hydrogen) atoms. The van der Waals surface area contributed by atoms with Crippen molar-refractivity contribution in [1.82, 2.24) is 5.32 Å². The number of nitrogens with one attached hydrogen (secondary N) is 2. The number of methoxy groups -OCH3 is 1. The maximum absolute atomic E-state index is 12.7. The molecule has 1 fully saturated rings. The molecular weight excluding hydrogens is 484 g/mol. The summed E-state index contributed by atoms with van der Waals surface area (Å²) in [5, 5.41) is 5.01. The van der Waals surface area contributed by atoms with E-state index in [0.29, 0.717) is 20.5 Å². The fourth-order valence-electron chi connectivity index (χ4n) is 2.54. The Bertz CT molecular complexity index is 1210. The third kappa shape index (κ3) is 5.56. The first-order valence-electron chi connectivity index (χ1n) is 8.53. The number of carbonyl (C=O) groups excluding carboxylic acids is 2. The number of carbonyl (C=O) groups is 2. The number of benzene rings is 2. The van der Waals surface area contributed by atoms with Gasteiger partial charge in [-0.2, -0.15) is 8.42 Å². The molecule has 8 nitrogen and oxygen atoms in total. The van der Waals surface area contributed by atoms with Crippen LogP contribution in [0.25, 0.3) is 6.08 Å². The summed E-state index contributed by atoms with van der Waals surface area (Å²) in [6.45, 7) is 1.34. The molecule has 0 spiro atoms. The van der Waals surface area contributed by atoms with Crippen LogP contribution in [-0.4, -0.2) is 31.7 Å². The first-order valence-corrected chi connectivity index (χ1v) is 11.5. The van der Waals surface area contributed by atoms with Crippen molar-refractivity contribution >= 4 is 73.6 Å². The molecular formula is C19H15ClN2O6S3. The highest BCUT2D eigenvalue weighted by Crippen LogP contribution is 2.39. The van der Waals surface area contributed by atoms with Gasteiger partial charge in [-0.1, -0.05) is 35.6 Å². The number of thiocarbonyl (C=S) groups is 1. The Morgan fingerprint density at radius 1 is 1.26 bits per heavy atom. The van der Waals surface area contributed by atoms with E-state index < -0.39 is 10.1 Å². The summed E-state index contributed by atoms with van der Waals surface area (Å²) in [5.74, 6) is -0.760. The van der Waals surface area contributed by atoms with Gasteiger partial charge in [-0.05, 0) is 48.0 Å². The fraction of sp³-hybridized carbons (Fsp3) is 0.105. The van der Waals surface area contributed by atoms with E-state index in [1.165, 1.54) is 50.4 Å². The summed E-state index contributed by atoms with van der Waals surface area (Å²) in [5.41, 5.74) is 0.932. The maximum Gasteiger partial charge on any atom is 0.339 e. The third-order valence-corrected chi connectivity index (χ3v) is 6.53. The first-order chi connectivity index (χ1) is 14.6. The second-order valence-corrected chi connectivity index (χ2v) is 9.80. The summed E-state index contributed by atoms with van der Waals surface area (Å²) in [4.78, 5) is 23.2. The Morgan fingerprint density at radius 3 is 2.48 bits per heavy atom. The molecule has 0 unspecified atom stereocenters. The number of anilines is 1. The van der Waals surface area contributed by atoms with Gasteiger partial charge in [0, 0.05) is 12.6 Å². The van der Waals surface area contributed by atoms with Crippen molar-refractivity contribution in [3.8, 4) is 11.5 Å². The highest BCUT2D eigenvalue weighted by Gasteiger charge is 2.24. The van der Waals surface area contributed by atoms with E-state index in [1.807, 2.05) is 0 Å². The second kappa shape index (κ2) is 9.27. The standard InChI is InChI=1S/C19H15ClN2O6S3/c1-10(23)21-12-3-5-13(6-4-12)31(25,26)28-17-14(20)7-11(8-15(17)27-2)9-16-18(24)22-19(29)30-16/h3-9H,1-2H3,(H,21,23)(H,22,24,29)/b16-9-. The molecule has 0 aliphatic carbocycles. The lowest BCUT2D eigenvalue weighted by molar-refractivity contribution is -0.115. The molecule has 0 atom stereocenters. The lowest BCUT2D eigenvalue weighted by Gasteiger charge is -2.13. The van der Waals surface area contributed by atoms with Crippen molar-refractivity contribution in [2.45, 2.75) is 11.8 Å². The SMILES string of the molecule is COc1cc(/C=C2\SC(=S)NC2=O)cc(Cl)c1OS(=O)(=O)c1ccc(NC(C)=O)cc1. The van der Waals surface area contributed by atoms with Crippen LogP contribution in [-0.2, 0) is 19.7 Å². The Kier molecular flexibility index (Phi) is 6.90. The Morgan fingerprint density at radius 2 is 1.94 bits per heavy atom. The summed E-state index contributed by atoms with van der Waals surface area (Å²) in [6, 6.07) is 8.37. The molecule has 0 bridgehead atoms. The van der Waals surface area contributed by atoms with E-state index in [0.717, 1.165) is 11.8 Å². The number of hydrogen-bond acceptors (Lipinski definition) is 8. The van der Waals surface area contributed by atoms with Crippen LogP contribution in [0.3, 0.4) is 0 Å². The van der Waals surface area contributed by atoms with Gasteiger partial charge in [0.05, 0.1) is 17.0 Å². The van der Waals surface area contributed by atoms with Crippen molar-refractivity contribution in [2.75, 3.05) is 12.4 Å². The minimum absolute atomic E-state index is 0.0318. The molecule has 12 heteroatoms. The molecule has 0 radical (unpaired) electrons. The number of thioether (sulfide) groups is 1. The second-order valence-electron chi connectivity index (χ2n) is 6.13. The average molecular weight is 499 g/mol. The van der Waals surface area contributed by atoms with E-state index in [2.05, 4.69) is 10.6 Å². The summed E-state index contributed by atoms with van der Waals surface area (Å²) in [7, 11) is -2.91. The van der Waals surface area contributed by atoms with Gasteiger partial charge in [0.2, 0.25) is 11.7 Å². The minimum atomic E-state index is -4.24. The topological polar surface area (TPSA) is 111 Å². The van der Waals surface area contributed by atoms with Crippen LogP contribution in [0.1, 0.15) is 12.5 Å². The predicted octanol–water partition coefficient (Wildman–Crippen LogP) is 3.56. The minimum Gasteiger partial charge on any atom is -0.493 e. The fourth-order valence-corrected chi connectivity index (χ4v) is 4.85. The highest BCUT2D eigenvalue weighted by atomic mass is 35.5. The van der Waals surface area contributed by atoms with E-state index >= 15 is 0 Å². The number of ether oxygens (including phenoxy) is 1. The molecule has 2 aromatic carbocycles. The van der Waals surface area contributed by atoms with Gasteiger partial charge < -0.3 is 19.6 Å². The van der Waals surface area contributed by atoms with E-state index in [1.54, 1.807) is 6.08 Å². The molecule has 2 aromatic rings. The Balaban J connectivity index is 1.90. The van der Waals surface area contributed by atoms with Crippen LogP contribution < -0.4 is 19.6 Å². The molecule has 0 aromatic heterocycles. The van der Waals surface area contributed by atoms with Gasteiger partial charge in [-0.3, -0.25) is 9.59 Å². The zero-order valence-electron chi connectivity index (χ0n) is 16.1. The molecule has 2 amide bonds. The van der Waals surface area contributed by atoms with Crippen molar-refractivity contribution in [3.63, 3.8) is 0 Å². The van der Waals surface area contributed by atoms with Gasteiger partial charge in [-0.25, -0.2) is 0 Å². The lowest BCUT2D eigenvalue weighted by Crippen LogP contribution is -2.17. The lowest BCUT2D eigenvalue weighted by atomic mass is 10.2. The van der Waals surface area contributed by atoms with E-state index in [9.17, 15) is 18.0 Å². The molecule has 1 heterocycles. The van der Waals surface area contributed by atoms with E-state index in [-0.39, 0.29) is 33.2 Å². The molecule has 1 aliphatic rings. The van der Waals surface area contributed by atoms with Crippen molar-refractivity contribution in [2.24, 2.45) is 0 Å². The largest absolute Gasteiger partial charge is 0.493 e. The molecule has 1 saturated heterocycles. The zero-order chi connectivity index (χ0) is 22.8. The van der Waals surface area contributed by atoms with Gasteiger partial charge in [0.1, 0.15) is 9.22 Å². The van der Waals surface area contributed by atoms with E-state index in [4.69, 9.17) is 32.7 Å². The summed E-state index contributed by atoms with van der Waals surface area (Å²) in [6.07, 6.45) is 1.55. The van der Waals surface area contributed by atoms with Crippen molar-refractivity contribution in [1.29, 1.82) is 0 Å². The van der Waals surface area contributed by atoms with Gasteiger partial charge in [0.15, 0.2) is 5.75 Å². The van der Waals surface area contributed by atoms with Crippen LogP contribution in [0, 0.1) is 0 Å². The Labute approximate surface area is 193 Å². The summed E-state index contributed by atoms with van der Waals surface area (Å²) >= 11 is 12.3. The monoisotopic (exact) mass is 498 g/mol. The van der Waals surface area contributed by atoms with Gasteiger partial charge in [0.25, 0.3) is 5.91 Å². The van der Waals surface area contributed by atoms with Crippen LogP contribution in [0.4, 0.5) is 5.69 Å². The van der Waals surface area contributed by atoms with Crippen molar-refractivity contribution < 1.29 is 26.9 Å². The van der Waals surface area contributed by atoms with Crippen LogP contribution >= 0.6 is 35.6 Å². The van der Waals surface area contributed by atoms with Gasteiger partial charge >= 0.3 is 10.1 Å². The Hall–Kier alpha value is -2.60. The highest BCUT2D eigenvalue weighted by molar-refractivity contribution is 8.26. The van der Waals surface area contributed by atoms with Crippen LogP contribution in [0.5, 0.6) is 11.5 Å². The van der Waals surface area contributed by atoms with Gasteiger partial charge in [-0.15, -0.1) is 0 Å². The van der Waals surface area contributed by atoms with Crippen LogP contribution in [0.15, 0.2) is 46.2 Å². The summed E-state index contributed by atoms with van der Waals surface area (Å²) < 4.78 is 36.2. The molecule has 0 saturated carbocycles. The van der Waals surface area contributed by atoms with Crippen molar-refractivity contribution in [3.05, 3.63) is 51.9 Å². The predicted molar refractivity (Wildman–Crippen MR) is 123 cm³/mol. The molecule has 162 valence electrons. The average Bonchev–Trinajstić information content (AvgIpc) is 3.00. The number of halogens is 1.